The van der Waals surface area contributed by atoms with Crippen LogP contribution in [-0.2, 0) is 4.84 Å². The van der Waals surface area contributed by atoms with Gasteiger partial charge >= 0.3 is 0 Å². The maximum Gasteiger partial charge on any atom is 0.0803 e. The van der Waals surface area contributed by atoms with Crippen LogP contribution in [0.3, 0.4) is 0 Å². The molecule has 0 saturated heterocycles. The van der Waals surface area contributed by atoms with E-state index in [1.807, 2.05) is 0 Å². The summed E-state index contributed by atoms with van der Waals surface area (Å²) in [6.07, 6.45) is 1.03. The SMILES string of the molecule is C[N+]([13CH3])([13CH3])[13CH2][13CH2]CON. The molecule has 0 aliphatic rings. The van der Waals surface area contributed by atoms with Crippen LogP contribution in [0, 0.1) is 0 Å². The minimum atomic E-state index is 0.662. The highest BCUT2D eigenvalue weighted by Gasteiger charge is 2.04. The molecule has 0 aromatic heterocycles. The molecule has 56 valence electrons. The van der Waals surface area contributed by atoms with E-state index in [1.54, 1.807) is 0 Å². The standard InChI is InChI=1S/C6H17N2O/c1-8(2,3)5-4-6-9-7/h4-7H2,1-3H3/q+1/i1+1,2+1,4+1,5+1. The lowest BCUT2D eigenvalue weighted by Gasteiger charge is -2.23. The van der Waals surface area contributed by atoms with Crippen molar-refractivity contribution in [2.75, 3.05) is 34.3 Å². The Hall–Kier alpha value is -0.120. The lowest BCUT2D eigenvalue weighted by Crippen LogP contribution is -2.35. The van der Waals surface area contributed by atoms with Gasteiger partial charge in [-0.25, -0.2) is 5.90 Å². The molecule has 0 aromatic rings. The van der Waals surface area contributed by atoms with E-state index in [2.05, 4.69) is 26.0 Å². The third kappa shape index (κ3) is 7.88. The lowest BCUT2D eigenvalue weighted by atomic mass is 11.0. The number of hydrogen-bond acceptors (Lipinski definition) is 2. The van der Waals surface area contributed by atoms with Gasteiger partial charge < -0.3 is 9.32 Å². The second kappa shape index (κ2) is 3.82. The Balaban J connectivity index is 3.07. The van der Waals surface area contributed by atoms with Crippen LogP contribution in [0.1, 0.15) is 6.42 Å². The van der Waals surface area contributed by atoms with Crippen LogP contribution < -0.4 is 5.90 Å². The summed E-state index contributed by atoms with van der Waals surface area (Å²) in [6.45, 7) is 1.77. The zero-order valence-corrected chi connectivity index (χ0v) is 6.55. The molecule has 0 fully saturated rings. The molecule has 0 aliphatic heterocycles. The first kappa shape index (κ1) is 8.88. The van der Waals surface area contributed by atoms with Crippen molar-refractivity contribution in [3.63, 3.8) is 0 Å². The van der Waals surface area contributed by atoms with E-state index < -0.39 is 0 Å². The monoisotopic (exact) mass is 137 g/mol. The molecule has 0 aromatic carbocycles. The highest BCUT2D eigenvalue weighted by Crippen LogP contribution is 1.91. The Morgan fingerprint density at radius 3 is 2.22 bits per heavy atom. The number of nitrogens with zero attached hydrogens (tertiary/aromatic N) is 1. The van der Waals surface area contributed by atoms with Gasteiger partial charge in [0.15, 0.2) is 0 Å². The molecular weight excluding hydrogens is 120 g/mol. The quantitative estimate of drug-likeness (QED) is 0.256. The van der Waals surface area contributed by atoms with Gasteiger partial charge in [-0.3, -0.25) is 0 Å². The number of hydrogen-bond donors (Lipinski definition) is 1. The van der Waals surface area contributed by atoms with Crippen LogP contribution >= 0.6 is 0 Å². The first-order valence-electron chi connectivity index (χ1n) is 3.18. The van der Waals surface area contributed by atoms with E-state index in [-0.39, 0.29) is 0 Å². The molecule has 3 nitrogen and oxygen atoms in total. The molecule has 3 heteroatoms. The molecule has 2 N–H and O–H groups in total. The molecule has 0 amide bonds. The van der Waals surface area contributed by atoms with Crippen molar-refractivity contribution in [2.45, 2.75) is 6.42 Å². The van der Waals surface area contributed by atoms with E-state index in [1.165, 1.54) is 0 Å². The van der Waals surface area contributed by atoms with Crippen LogP contribution in [0.25, 0.3) is 0 Å². The van der Waals surface area contributed by atoms with Crippen molar-refractivity contribution in [3.8, 4) is 0 Å². The highest BCUT2D eigenvalue weighted by molar-refractivity contribution is 4.30. The van der Waals surface area contributed by atoms with Gasteiger partial charge in [0.25, 0.3) is 0 Å². The summed E-state index contributed by atoms with van der Waals surface area (Å²) in [4.78, 5) is 4.43. The molecule has 0 radical (unpaired) electrons. The average Bonchev–Trinajstić information content (AvgIpc) is 1.63. The highest BCUT2D eigenvalue weighted by atomic mass is 16.6. The third-order valence-corrected chi connectivity index (χ3v) is 1.09. The summed E-state index contributed by atoms with van der Waals surface area (Å²) in [5.74, 6) is 4.85. The summed E-state index contributed by atoms with van der Waals surface area (Å²) < 4.78 is 0.976. The molecule has 0 atom stereocenters. The Labute approximate surface area is 56.9 Å². The number of nitrogens with two attached hydrogens (primary N) is 1. The fourth-order valence-electron chi connectivity index (χ4n) is 0.622. The van der Waals surface area contributed by atoms with Crippen molar-refractivity contribution >= 4 is 0 Å². The van der Waals surface area contributed by atoms with Crippen LogP contribution in [-0.4, -0.2) is 38.8 Å². The van der Waals surface area contributed by atoms with Crippen molar-refractivity contribution < 1.29 is 9.32 Å². The largest absolute Gasteiger partial charge is 0.331 e. The number of rotatable bonds is 4. The van der Waals surface area contributed by atoms with Crippen molar-refractivity contribution in [1.82, 2.24) is 0 Å². The minimum Gasteiger partial charge on any atom is -0.331 e. The first-order chi connectivity index (χ1) is 4.06. The summed E-state index contributed by atoms with van der Waals surface area (Å²) in [5, 5.41) is 0. The van der Waals surface area contributed by atoms with Crippen molar-refractivity contribution in [3.05, 3.63) is 0 Å². The zero-order chi connectivity index (χ0) is 7.33. The molecule has 9 heavy (non-hydrogen) atoms. The van der Waals surface area contributed by atoms with E-state index in [0.29, 0.717) is 6.61 Å². The second-order valence-corrected chi connectivity index (χ2v) is 3.24. The Kier molecular flexibility index (Phi) is 3.77. The van der Waals surface area contributed by atoms with Gasteiger partial charge in [-0.1, -0.05) is 0 Å². The van der Waals surface area contributed by atoms with E-state index >= 15 is 0 Å². The molecule has 0 unspecified atom stereocenters. The van der Waals surface area contributed by atoms with Crippen LogP contribution in [0.15, 0.2) is 0 Å². The van der Waals surface area contributed by atoms with E-state index in [9.17, 15) is 0 Å². The predicted molar refractivity (Wildman–Crippen MR) is 37.7 cm³/mol. The zero-order valence-electron chi connectivity index (χ0n) is 6.55. The molecule has 0 heterocycles. The molecular formula is C6H17N2O+. The summed E-state index contributed by atoms with van der Waals surface area (Å²) in [6, 6.07) is 0. The van der Waals surface area contributed by atoms with Crippen LogP contribution in [0.5, 0.6) is 0 Å². The summed E-state index contributed by atoms with van der Waals surface area (Å²) in [7, 11) is 6.45. The normalized spacial score (nSPS) is 12.0. The van der Waals surface area contributed by atoms with Gasteiger partial charge in [0.05, 0.1) is 34.3 Å². The van der Waals surface area contributed by atoms with Gasteiger partial charge in [0.1, 0.15) is 0 Å². The maximum atomic E-state index is 4.85. The number of quaternary nitrogens is 1. The van der Waals surface area contributed by atoms with Crippen LogP contribution in [0.2, 0.25) is 0 Å². The lowest BCUT2D eigenvalue weighted by molar-refractivity contribution is -0.870. The summed E-state index contributed by atoms with van der Waals surface area (Å²) >= 11 is 0. The molecule has 0 bridgehead atoms. The third-order valence-electron chi connectivity index (χ3n) is 1.09. The molecule has 0 rings (SSSR count). The van der Waals surface area contributed by atoms with E-state index in [0.717, 1.165) is 17.4 Å². The van der Waals surface area contributed by atoms with Crippen LogP contribution in [0.4, 0.5) is 0 Å². The topological polar surface area (TPSA) is 35.2 Å². The van der Waals surface area contributed by atoms with Gasteiger partial charge in [0.2, 0.25) is 0 Å². The van der Waals surface area contributed by atoms with Gasteiger partial charge in [-0.2, -0.15) is 0 Å². The first-order valence-corrected chi connectivity index (χ1v) is 3.18. The molecule has 0 saturated carbocycles. The van der Waals surface area contributed by atoms with Crippen molar-refractivity contribution in [2.24, 2.45) is 5.90 Å². The Bertz CT molecular complexity index is 67.9. The molecule has 0 aliphatic carbocycles. The average molecular weight is 137 g/mol. The fourth-order valence-corrected chi connectivity index (χ4v) is 0.622. The van der Waals surface area contributed by atoms with Gasteiger partial charge in [-0.05, 0) is 0 Å². The fraction of sp³-hybridized carbons (Fsp3) is 1.00. The minimum absolute atomic E-state index is 0.662. The predicted octanol–water partition coefficient (Wildman–Crippen LogP) is -0.0270. The maximum absolute atomic E-state index is 4.85. The Morgan fingerprint density at radius 2 is 1.89 bits per heavy atom. The molecule has 0 spiro atoms. The second-order valence-electron chi connectivity index (χ2n) is 3.24. The Morgan fingerprint density at radius 1 is 1.33 bits per heavy atom. The van der Waals surface area contributed by atoms with E-state index in [4.69, 9.17) is 5.90 Å². The van der Waals surface area contributed by atoms with Crippen molar-refractivity contribution in [1.29, 1.82) is 0 Å². The summed E-state index contributed by atoms with van der Waals surface area (Å²) in [5.41, 5.74) is 0. The van der Waals surface area contributed by atoms with Gasteiger partial charge in [-0.15, -0.1) is 0 Å². The smallest absolute Gasteiger partial charge is 0.0803 e. The van der Waals surface area contributed by atoms with Gasteiger partial charge in [0, 0.05) is 6.42 Å².